The van der Waals surface area contributed by atoms with E-state index in [0.717, 1.165) is 12.1 Å². The number of carbonyl (C=O) groups is 1. The molecule has 0 saturated heterocycles. The molecule has 0 bridgehead atoms. The van der Waals surface area contributed by atoms with Crippen molar-refractivity contribution >= 4 is 27.6 Å². The summed E-state index contributed by atoms with van der Waals surface area (Å²) < 4.78 is 32.2. The fraction of sp³-hybridized carbons (Fsp3) is 0.0833. The van der Waals surface area contributed by atoms with E-state index in [1.807, 2.05) is 0 Å². The number of nitrogens with one attached hydrogen (secondary N) is 1. The quantitative estimate of drug-likeness (QED) is 0.898. The van der Waals surface area contributed by atoms with Crippen molar-refractivity contribution in [2.75, 3.05) is 5.32 Å². The van der Waals surface area contributed by atoms with Crippen molar-refractivity contribution in [1.29, 1.82) is 0 Å². The van der Waals surface area contributed by atoms with E-state index >= 15 is 0 Å². The summed E-state index contributed by atoms with van der Waals surface area (Å²) >= 11 is 2.97. The second-order valence-electron chi connectivity index (χ2n) is 3.67. The van der Waals surface area contributed by atoms with Crippen LogP contribution in [-0.2, 0) is 6.54 Å². The van der Waals surface area contributed by atoms with Gasteiger partial charge in [-0.2, -0.15) is 0 Å². The molecule has 0 atom stereocenters. The van der Waals surface area contributed by atoms with Gasteiger partial charge < -0.3 is 14.8 Å². The van der Waals surface area contributed by atoms with Gasteiger partial charge >= 0.3 is 5.97 Å². The third-order valence-electron chi connectivity index (χ3n) is 2.32. The fourth-order valence-electron chi connectivity index (χ4n) is 1.47. The number of carboxylic acid groups (broad SMARTS) is 1. The topological polar surface area (TPSA) is 62.5 Å². The molecule has 2 rings (SSSR count). The first-order valence-corrected chi connectivity index (χ1v) is 5.97. The molecule has 0 aliphatic rings. The predicted octanol–water partition coefficient (Wildman–Crippen LogP) is 3.63. The number of anilines is 1. The Bertz CT molecular complexity index is 604. The van der Waals surface area contributed by atoms with E-state index in [1.165, 1.54) is 12.1 Å². The van der Waals surface area contributed by atoms with Gasteiger partial charge in [0.25, 0.3) is 0 Å². The van der Waals surface area contributed by atoms with Gasteiger partial charge in [0.15, 0.2) is 0 Å². The average molecular weight is 332 g/mol. The molecule has 4 nitrogen and oxygen atoms in total. The largest absolute Gasteiger partial charge is 0.475 e. The van der Waals surface area contributed by atoms with E-state index in [1.54, 1.807) is 0 Å². The lowest BCUT2D eigenvalue weighted by Crippen LogP contribution is -2.03. The number of hydrogen-bond acceptors (Lipinski definition) is 3. The van der Waals surface area contributed by atoms with Crippen LogP contribution in [0.1, 0.15) is 16.3 Å². The molecule has 1 aromatic carbocycles. The number of carboxylic acids is 1. The van der Waals surface area contributed by atoms with Crippen molar-refractivity contribution in [2.24, 2.45) is 0 Å². The lowest BCUT2D eigenvalue weighted by molar-refractivity contribution is 0.0660. The molecule has 0 aliphatic carbocycles. The Hall–Kier alpha value is -1.89. The minimum Gasteiger partial charge on any atom is -0.475 e. The van der Waals surface area contributed by atoms with Crippen LogP contribution in [0.4, 0.5) is 14.5 Å². The highest BCUT2D eigenvalue weighted by molar-refractivity contribution is 9.10. The number of aromatic carboxylic acids is 1. The minimum absolute atomic E-state index is 0.0250. The molecule has 0 spiro atoms. The molecule has 7 heteroatoms. The molecule has 0 fully saturated rings. The molecule has 0 unspecified atom stereocenters. The molecule has 2 aromatic rings. The molecule has 0 aliphatic heterocycles. The van der Waals surface area contributed by atoms with E-state index in [0.29, 0.717) is 4.47 Å². The fourth-order valence-corrected chi connectivity index (χ4v) is 1.88. The number of furan rings is 1. The molecule has 1 heterocycles. The van der Waals surface area contributed by atoms with Crippen molar-refractivity contribution in [1.82, 2.24) is 0 Å². The SMILES string of the molecule is O=C(O)c1ccc(CNc2c(F)cc(Br)cc2F)o1. The standard InChI is InChI=1S/C12H8BrF2NO3/c13-6-3-8(14)11(9(15)4-6)16-5-7-1-2-10(19-7)12(17)18/h1-4,16H,5H2,(H,17,18). The first kappa shape index (κ1) is 13.5. The molecule has 2 N–H and O–H groups in total. The van der Waals surface area contributed by atoms with Crippen molar-refractivity contribution in [3.05, 3.63) is 51.9 Å². The van der Waals surface area contributed by atoms with Crippen LogP contribution >= 0.6 is 15.9 Å². The van der Waals surface area contributed by atoms with Crippen molar-refractivity contribution in [2.45, 2.75) is 6.54 Å². The maximum absolute atomic E-state index is 13.5. The van der Waals surface area contributed by atoms with E-state index in [-0.39, 0.29) is 23.8 Å². The van der Waals surface area contributed by atoms with Gasteiger partial charge in [-0.1, -0.05) is 15.9 Å². The van der Waals surface area contributed by atoms with Crippen LogP contribution in [0.25, 0.3) is 0 Å². The van der Waals surface area contributed by atoms with Gasteiger partial charge in [-0.05, 0) is 24.3 Å². The normalized spacial score (nSPS) is 10.5. The van der Waals surface area contributed by atoms with Crippen molar-refractivity contribution < 1.29 is 23.1 Å². The van der Waals surface area contributed by atoms with E-state index in [2.05, 4.69) is 21.2 Å². The van der Waals surface area contributed by atoms with E-state index in [4.69, 9.17) is 9.52 Å². The lowest BCUT2D eigenvalue weighted by atomic mass is 10.3. The Kier molecular flexibility index (Phi) is 3.84. The molecule has 0 saturated carbocycles. The van der Waals surface area contributed by atoms with Crippen LogP contribution in [-0.4, -0.2) is 11.1 Å². The summed E-state index contributed by atoms with van der Waals surface area (Å²) in [5, 5.41) is 11.2. The first-order valence-electron chi connectivity index (χ1n) is 5.18. The molecule has 100 valence electrons. The monoisotopic (exact) mass is 331 g/mol. The van der Waals surface area contributed by atoms with Crippen molar-refractivity contribution in [3.8, 4) is 0 Å². The summed E-state index contributed by atoms with van der Waals surface area (Å²) in [7, 11) is 0. The zero-order valence-electron chi connectivity index (χ0n) is 9.41. The van der Waals surface area contributed by atoms with Crippen LogP contribution in [0.2, 0.25) is 0 Å². The molecule has 19 heavy (non-hydrogen) atoms. The summed E-state index contributed by atoms with van der Waals surface area (Å²) in [5.41, 5.74) is -0.295. The second kappa shape index (κ2) is 5.40. The number of rotatable bonds is 4. The maximum Gasteiger partial charge on any atom is 0.371 e. The molecular formula is C12H8BrF2NO3. The Morgan fingerprint density at radius 2 is 1.95 bits per heavy atom. The Morgan fingerprint density at radius 1 is 1.32 bits per heavy atom. The molecule has 0 radical (unpaired) electrons. The van der Waals surface area contributed by atoms with Crippen LogP contribution in [0, 0.1) is 11.6 Å². The molecule has 1 aromatic heterocycles. The third kappa shape index (κ3) is 3.11. The smallest absolute Gasteiger partial charge is 0.371 e. The second-order valence-corrected chi connectivity index (χ2v) is 4.58. The Balaban J connectivity index is 2.12. The van der Waals surface area contributed by atoms with Gasteiger partial charge in [0.05, 0.1) is 6.54 Å². The summed E-state index contributed by atoms with van der Waals surface area (Å²) in [6.07, 6.45) is 0. The van der Waals surface area contributed by atoms with E-state index < -0.39 is 17.6 Å². The first-order chi connectivity index (χ1) is 8.97. The third-order valence-corrected chi connectivity index (χ3v) is 2.78. The van der Waals surface area contributed by atoms with Crippen LogP contribution in [0.3, 0.4) is 0 Å². The highest BCUT2D eigenvalue weighted by Gasteiger charge is 2.12. The van der Waals surface area contributed by atoms with Gasteiger partial charge in [-0.25, -0.2) is 13.6 Å². The Morgan fingerprint density at radius 3 is 2.47 bits per heavy atom. The lowest BCUT2D eigenvalue weighted by Gasteiger charge is -2.07. The van der Waals surface area contributed by atoms with Gasteiger partial charge in [0.2, 0.25) is 5.76 Å². The summed E-state index contributed by atoms with van der Waals surface area (Å²) in [5.74, 6) is -2.67. The zero-order chi connectivity index (χ0) is 14.0. The number of benzene rings is 1. The van der Waals surface area contributed by atoms with Crippen LogP contribution in [0.5, 0.6) is 0 Å². The number of halogens is 3. The van der Waals surface area contributed by atoms with Gasteiger partial charge in [0.1, 0.15) is 23.1 Å². The summed E-state index contributed by atoms with van der Waals surface area (Å²) in [6, 6.07) is 4.94. The van der Waals surface area contributed by atoms with Gasteiger partial charge in [-0.15, -0.1) is 0 Å². The summed E-state index contributed by atoms with van der Waals surface area (Å²) in [6.45, 7) is -0.0250. The summed E-state index contributed by atoms with van der Waals surface area (Å²) in [4.78, 5) is 10.6. The Labute approximate surface area is 115 Å². The van der Waals surface area contributed by atoms with Gasteiger partial charge in [0, 0.05) is 4.47 Å². The number of hydrogen-bond donors (Lipinski definition) is 2. The molecular weight excluding hydrogens is 324 g/mol. The van der Waals surface area contributed by atoms with Crippen LogP contribution < -0.4 is 5.32 Å². The average Bonchev–Trinajstić information content (AvgIpc) is 2.76. The van der Waals surface area contributed by atoms with Gasteiger partial charge in [-0.3, -0.25) is 0 Å². The van der Waals surface area contributed by atoms with E-state index in [9.17, 15) is 13.6 Å². The highest BCUT2D eigenvalue weighted by atomic mass is 79.9. The van der Waals surface area contributed by atoms with Crippen molar-refractivity contribution in [3.63, 3.8) is 0 Å². The maximum atomic E-state index is 13.5. The highest BCUT2D eigenvalue weighted by Crippen LogP contribution is 2.24. The zero-order valence-corrected chi connectivity index (χ0v) is 11.0. The predicted molar refractivity (Wildman–Crippen MR) is 67.1 cm³/mol. The minimum atomic E-state index is -1.20. The van der Waals surface area contributed by atoms with Crippen LogP contribution in [0.15, 0.2) is 33.2 Å². The molecule has 0 amide bonds.